The molecule has 0 unspecified atom stereocenters. The molecule has 5 nitrogen and oxygen atoms in total. The molecule has 1 aromatic heterocycles. The smallest absolute Gasteiger partial charge is 0.308 e. The first kappa shape index (κ1) is 14.7. The van der Waals surface area contributed by atoms with E-state index in [-0.39, 0.29) is 11.1 Å². The number of halogens is 2. The van der Waals surface area contributed by atoms with Gasteiger partial charge in [0.05, 0.1) is 4.92 Å². The SMILES string of the molecule is O=c1c([N+](=O)[O-])cc(Br)cn1CC1(CBr)CCCC1. The van der Waals surface area contributed by atoms with Gasteiger partial charge in [0.25, 0.3) is 0 Å². The van der Waals surface area contributed by atoms with E-state index in [1.165, 1.54) is 10.6 Å². The van der Waals surface area contributed by atoms with Crippen LogP contribution in [0, 0.1) is 15.5 Å². The highest BCUT2D eigenvalue weighted by Gasteiger charge is 2.34. The van der Waals surface area contributed by atoms with Gasteiger partial charge in [0, 0.05) is 28.6 Å². The van der Waals surface area contributed by atoms with Crippen LogP contribution < -0.4 is 5.56 Å². The Kier molecular flexibility index (Phi) is 4.45. The van der Waals surface area contributed by atoms with Crippen molar-refractivity contribution >= 4 is 37.5 Å². The van der Waals surface area contributed by atoms with E-state index >= 15 is 0 Å². The minimum Gasteiger partial charge on any atom is -0.308 e. The molecule has 0 radical (unpaired) electrons. The second kappa shape index (κ2) is 5.75. The molecular formula is C12H14Br2N2O3. The summed E-state index contributed by atoms with van der Waals surface area (Å²) >= 11 is 6.75. The lowest BCUT2D eigenvalue weighted by molar-refractivity contribution is -0.386. The van der Waals surface area contributed by atoms with Gasteiger partial charge in [0.15, 0.2) is 0 Å². The third-order valence-electron chi connectivity index (χ3n) is 3.68. The summed E-state index contributed by atoms with van der Waals surface area (Å²) in [4.78, 5) is 22.3. The monoisotopic (exact) mass is 392 g/mol. The van der Waals surface area contributed by atoms with Crippen molar-refractivity contribution < 1.29 is 4.92 Å². The van der Waals surface area contributed by atoms with Crippen LogP contribution in [-0.2, 0) is 6.54 Å². The molecule has 0 aliphatic heterocycles. The highest BCUT2D eigenvalue weighted by molar-refractivity contribution is 9.10. The predicted molar refractivity (Wildman–Crippen MR) is 79.8 cm³/mol. The quantitative estimate of drug-likeness (QED) is 0.446. The molecule has 2 rings (SSSR count). The van der Waals surface area contributed by atoms with Gasteiger partial charge in [0.1, 0.15) is 0 Å². The fourth-order valence-electron chi connectivity index (χ4n) is 2.65. The average Bonchev–Trinajstić information content (AvgIpc) is 2.82. The second-order valence-corrected chi connectivity index (χ2v) is 6.55. The Hall–Kier alpha value is -0.690. The summed E-state index contributed by atoms with van der Waals surface area (Å²) in [6.45, 7) is 0.525. The lowest BCUT2D eigenvalue weighted by Crippen LogP contribution is -2.32. The van der Waals surface area contributed by atoms with Crippen molar-refractivity contribution in [3.05, 3.63) is 37.2 Å². The first-order valence-electron chi connectivity index (χ1n) is 6.08. The van der Waals surface area contributed by atoms with Gasteiger partial charge in [-0.25, -0.2) is 0 Å². The summed E-state index contributed by atoms with van der Waals surface area (Å²) in [5, 5.41) is 11.7. The number of hydrogen-bond acceptors (Lipinski definition) is 3. The van der Waals surface area contributed by atoms with E-state index in [0.717, 1.165) is 31.0 Å². The maximum absolute atomic E-state index is 12.1. The van der Waals surface area contributed by atoms with Crippen LogP contribution >= 0.6 is 31.9 Å². The van der Waals surface area contributed by atoms with Gasteiger partial charge in [0.2, 0.25) is 0 Å². The van der Waals surface area contributed by atoms with E-state index < -0.39 is 10.5 Å². The molecule has 1 aromatic rings. The topological polar surface area (TPSA) is 65.1 Å². The third kappa shape index (κ3) is 3.08. The van der Waals surface area contributed by atoms with E-state index in [4.69, 9.17) is 0 Å². The molecule has 7 heteroatoms. The number of nitro groups is 1. The number of aromatic nitrogens is 1. The van der Waals surface area contributed by atoms with Crippen LogP contribution in [0.3, 0.4) is 0 Å². The molecule has 1 aliphatic rings. The van der Waals surface area contributed by atoms with Crippen LogP contribution in [0.5, 0.6) is 0 Å². The van der Waals surface area contributed by atoms with Crippen LogP contribution in [-0.4, -0.2) is 14.8 Å². The Bertz CT molecular complexity index is 550. The molecule has 0 saturated heterocycles. The van der Waals surface area contributed by atoms with Gasteiger partial charge in [-0.15, -0.1) is 0 Å². The summed E-state index contributed by atoms with van der Waals surface area (Å²) in [5.74, 6) is 0. The van der Waals surface area contributed by atoms with E-state index in [2.05, 4.69) is 31.9 Å². The molecule has 0 aromatic carbocycles. The molecule has 0 atom stereocenters. The van der Waals surface area contributed by atoms with Gasteiger partial charge >= 0.3 is 11.2 Å². The minimum absolute atomic E-state index is 0.0402. The van der Waals surface area contributed by atoms with Gasteiger partial charge in [-0.05, 0) is 34.2 Å². The van der Waals surface area contributed by atoms with Crippen molar-refractivity contribution in [2.24, 2.45) is 5.41 Å². The van der Waals surface area contributed by atoms with E-state index in [0.29, 0.717) is 11.0 Å². The number of rotatable bonds is 4. The molecule has 1 heterocycles. The van der Waals surface area contributed by atoms with Crippen LogP contribution in [0.15, 0.2) is 21.5 Å². The summed E-state index contributed by atoms with van der Waals surface area (Å²) in [7, 11) is 0. The van der Waals surface area contributed by atoms with E-state index in [9.17, 15) is 14.9 Å². The fraction of sp³-hybridized carbons (Fsp3) is 0.583. The maximum Gasteiger partial charge on any atom is 0.335 e. The fourth-order valence-corrected chi connectivity index (χ4v) is 3.85. The lowest BCUT2D eigenvalue weighted by atomic mass is 9.88. The highest BCUT2D eigenvalue weighted by atomic mass is 79.9. The number of hydrogen-bond donors (Lipinski definition) is 0. The molecule has 0 spiro atoms. The molecule has 104 valence electrons. The molecule has 0 bridgehead atoms. The van der Waals surface area contributed by atoms with Gasteiger partial charge in [-0.1, -0.05) is 28.8 Å². The highest BCUT2D eigenvalue weighted by Crippen LogP contribution is 2.40. The van der Waals surface area contributed by atoms with Crippen LogP contribution in [0.4, 0.5) is 5.69 Å². The van der Waals surface area contributed by atoms with Crippen molar-refractivity contribution in [3.8, 4) is 0 Å². The number of alkyl halides is 1. The van der Waals surface area contributed by atoms with Crippen molar-refractivity contribution in [1.29, 1.82) is 0 Å². The predicted octanol–water partition coefficient (Wildman–Crippen LogP) is 3.47. The molecule has 1 fully saturated rings. The minimum atomic E-state index is -0.626. The zero-order valence-corrected chi connectivity index (χ0v) is 13.4. The van der Waals surface area contributed by atoms with Crippen LogP contribution in [0.2, 0.25) is 0 Å². The number of pyridine rings is 1. The van der Waals surface area contributed by atoms with Crippen molar-refractivity contribution in [3.63, 3.8) is 0 Å². The zero-order chi connectivity index (χ0) is 14.0. The average molecular weight is 394 g/mol. The standard InChI is InChI=1S/C12H14Br2N2O3/c13-7-12(3-1-2-4-12)8-15-6-9(14)5-10(11(15)17)16(18)19/h5-6H,1-4,7-8H2. The zero-order valence-electron chi connectivity index (χ0n) is 10.3. The lowest BCUT2D eigenvalue weighted by Gasteiger charge is -2.27. The molecule has 0 amide bonds. The molecule has 19 heavy (non-hydrogen) atoms. The molecule has 0 N–H and O–H groups in total. The van der Waals surface area contributed by atoms with Gasteiger partial charge < -0.3 is 4.57 Å². The maximum atomic E-state index is 12.1. The Morgan fingerprint density at radius 2 is 2.05 bits per heavy atom. The van der Waals surface area contributed by atoms with Gasteiger partial charge in [-0.3, -0.25) is 14.9 Å². The second-order valence-electron chi connectivity index (χ2n) is 5.07. The molecular weight excluding hydrogens is 380 g/mol. The van der Waals surface area contributed by atoms with Crippen molar-refractivity contribution in [1.82, 2.24) is 4.57 Å². The van der Waals surface area contributed by atoms with E-state index in [1.54, 1.807) is 6.20 Å². The van der Waals surface area contributed by atoms with Crippen LogP contribution in [0.25, 0.3) is 0 Å². The van der Waals surface area contributed by atoms with Crippen molar-refractivity contribution in [2.45, 2.75) is 32.2 Å². The van der Waals surface area contributed by atoms with Gasteiger partial charge in [-0.2, -0.15) is 0 Å². The van der Waals surface area contributed by atoms with Crippen molar-refractivity contribution in [2.75, 3.05) is 5.33 Å². The Labute approximate surface area is 127 Å². The normalized spacial score (nSPS) is 17.6. The molecule has 1 aliphatic carbocycles. The summed E-state index contributed by atoms with van der Waals surface area (Å²) in [5.41, 5.74) is -0.865. The largest absolute Gasteiger partial charge is 0.335 e. The summed E-state index contributed by atoms with van der Waals surface area (Å²) in [6, 6.07) is 1.26. The first-order chi connectivity index (χ1) is 8.97. The summed E-state index contributed by atoms with van der Waals surface area (Å²) in [6.07, 6.45) is 6.03. The Balaban J connectivity index is 2.40. The molecule has 1 saturated carbocycles. The Morgan fingerprint density at radius 3 is 2.58 bits per heavy atom. The van der Waals surface area contributed by atoms with E-state index in [1.807, 2.05) is 0 Å². The summed E-state index contributed by atoms with van der Waals surface area (Å²) < 4.78 is 2.02. The number of nitrogens with zero attached hydrogens (tertiary/aromatic N) is 2. The first-order valence-corrected chi connectivity index (χ1v) is 7.99. The third-order valence-corrected chi connectivity index (χ3v) is 5.31. The Morgan fingerprint density at radius 1 is 1.42 bits per heavy atom. The van der Waals surface area contributed by atoms with Crippen LogP contribution in [0.1, 0.15) is 25.7 Å².